The molecule has 0 saturated carbocycles. The predicted molar refractivity (Wildman–Crippen MR) is 93.8 cm³/mol. The van der Waals surface area contributed by atoms with Gasteiger partial charge in [-0.3, -0.25) is 4.79 Å². The van der Waals surface area contributed by atoms with Gasteiger partial charge in [0.15, 0.2) is 6.61 Å². The Morgan fingerprint density at radius 1 is 1.16 bits per heavy atom. The topological polar surface area (TPSA) is 55.4 Å². The van der Waals surface area contributed by atoms with E-state index in [0.29, 0.717) is 5.56 Å². The molecule has 1 unspecified atom stereocenters. The van der Waals surface area contributed by atoms with E-state index in [1.807, 2.05) is 31.2 Å². The quantitative estimate of drug-likeness (QED) is 0.813. The van der Waals surface area contributed by atoms with Crippen LogP contribution in [0.4, 0.5) is 4.39 Å². The van der Waals surface area contributed by atoms with Crippen LogP contribution in [0.15, 0.2) is 42.5 Å². The second-order valence-electron chi connectivity index (χ2n) is 5.92. The molecule has 1 amide bonds. The highest BCUT2D eigenvalue weighted by atomic mass is 19.1. The van der Waals surface area contributed by atoms with Gasteiger partial charge in [0.2, 0.25) is 0 Å². The average Bonchev–Trinajstić information content (AvgIpc) is 2.62. The summed E-state index contributed by atoms with van der Waals surface area (Å²) in [6, 6.07) is 11.8. The van der Waals surface area contributed by atoms with Crippen molar-refractivity contribution in [2.24, 2.45) is 0 Å². The van der Waals surface area contributed by atoms with E-state index in [9.17, 15) is 14.0 Å². The minimum atomic E-state index is -0.728. The second kappa shape index (κ2) is 8.42. The van der Waals surface area contributed by atoms with Crippen LogP contribution < -0.4 is 5.32 Å². The van der Waals surface area contributed by atoms with Crippen molar-refractivity contribution in [2.45, 2.75) is 33.2 Å². The Morgan fingerprint density at radius 3 is 2.44 bits per heavy atom. The van der Waals surface area contributed by atoms with Gasteiger partial charge in [-0.2, -0.15) is 0 Å². The molecule has 4 nitrogen and oxygen atoms in total. The van der Waals surface area contributed by atoms with Gasteiger partial charge >= 0.3 is 5.97 Å². The van der Waals surface area contributed by atoms with Crippen molar-refractivity contribution >= 4 is 11.9 Å². The van der Waals surface area contributed by atoms with Crippen molar-refractivity contribution in [1.29, 1.82) is 0 Å². The lowest BCUT2D eigenvalue weighted by molar-refractivity contribution is -0.124. The zero-order valence-electron chi connectivity index (χ0n) is 14.6. The van der Waals surface area contributed by atoms with Crippen molar-refractivity contribution in [3.05, 3.63) is 70.5 Å². The first-order valence-electron chi connectivity index (χ1n) is 8.22. The fourth-order valence-electron chi connectivity index (χ4n) is 2.34. The maximum atomic E-state index is 13.5. The summed E-state index contributed by atoms with van der Waals surface area (Å²) < 4.78 is 18.4. The number of benzene rings is 2. The molecule has 1 N–H and O–H groups in total. The van der Waals surface area contributed by atoms with Crippen LogP contribution in [0.2, 0.25) is 0 Å². The van der Waals surface area contributed by atoms with Crippen LogP contribution in [-0.2, 0) is 16.0 Å². The highest BCUT2D eigenvalue weighted by molar-refractivity contribution is 5.91. The van der Waals surface area contributed by atoms with Crippen molar-refractivity contribution in [2.75, 3.05) is 6.61 Å². The zero-order valence-corrected chi connectivity index (χ0v) is 14.6. The van der Waals surface area contributed by atoms with Crippen molar-refractivity contribution in [3.8, 4) is 0 Å². The van der Waals surface area contributed by atoms with Gasteiger partial charge in [-0.05, 0) is 49.1 Å². The molecule has 0 aliphatic carbocycles. The summed E-state index contributed by atoms with van der Waals surface area (Å²) >= 11 is 0. The van der Waals surface area contributed by atoms with E-state index in [0.717, 1.165) is 18.1 Å². The van der Waals surface area contributed by atoms with Crippen LogP contribution in [0, 0.1) is 12.7 Å². The van der Waals surface area contributed by atoms with Crippen LogP contribution >= 0.6 is 0 Å². The molecule has 0 saturated heterocycles. The Kier molecular flexibility index (Phi) is 6.28. The number of aryl methyl sites for hydroxylation is 2. The van der Waals surface area contributed by atoms with E-state index in [-0.39, 0.29) is 11.6 Å². The van der Waals surface area contributed by atoms with Gasteiger partial charge in [-0.25, -0.2) is 9.18 Å². The molecule has 2 aromatic carbocycles. The summed E-state index contributed by atoms with van der Waals surface area (Å²) in [6.07, 6.45) is 0.955. The number of nitrogens with one attached hydrogen (secondary N) is 1. The van der Waals surface area contributed by atoms with Gasteiger partial charge in [0.1, 0.15) is 5.82 Å². The highest BCUT2D eigenvalue weighted by Gasteiger charge is 2.14. The van der Waals surface area contributed by atoms with E-state index in [2.05, 4.69) is 12.2 Å². The highest BCUT2D eigenvalue weighted by Crippen LogP contribution is 2.14. The van der Waals surface area contributed by atoms with Gasteiger partial charge in [0.25, 0.3) is 5.91 Å². The third-order valence-electron chi connectivity index (χ3n) is 4.01. The van der Waals surface area contributed by atoms with Gasteiger partial charge in [0, 0.05) is 0 Å². The molecule has 0 aromatic heterocycles. The normalized spacial score (nSPS) is 11.7. The number of esters is 1. The third-order valence-corrected chi connectivity index (χ3v) is 4.01. The van der Waals surface area contributed by atoms with Crippen molar-refractivity contribution in [1.82, 2.24) is 5.32 Å². The fraction of sp³-hybridized carbons (Fsp3) is 0.300. The van der Waals surface area contributed by atoms with Gasteiger partial charge in [0.05, 0.1) is 11.6 Å². The summed E-state index contributed by atoms with van der Waals surface area (Å²) in [7, 11) is 0. The van der Waals surface area contributed by atoms with Crippen molar-refractivity contribution in [3.63, 3.8) is 0 Å². The second-order valence-corrected chi connectivity index (χ2v) is 5.92. The SMILES string of the molecule is CCc1ccc(C(C)NC(=O)COC(=O)c2ccc(C)c(F)c2)cc1. The number of ether oxygens (including phenoxy) is 1. The largest absolute Gasteiger partial charge is 0.452 e. The smallest absolute Gasteiger partial charge is 0.338 e. The summed E-state index contributed by atoms with van der Waals surface area (Å²) in [6.45, 7) is 5.13. The molecule has 0 fully saturated rings. The summed E-state index contributed by atoms with van der Waals surface area (Å²) in [5.74, 6) is -1.62. The lowest BCUT2D eigenvalue weighted by Crippen LogP contribution is -2.31. The van der Waals surface area contributed by atoms with Gasteiger partial charge in [-0.1, -0.05) is 37.3 Å². The molecule has 0 aliphatic rings. The maximum absolute atomic E-state index is 13.5. The van der Waals surface area contributed by atoms with E-state index in [4.69, 9.17) is 4.74 Å². The molecule has 132 valence electrons. The molecule has 0 spiro atoms. The Balaban J connectivity index is 1.86. The lowest BCUT2D eigenvalue weighted by Gasteiger charge is -2.15. The third kappa shape index (κ3) is 5.14. The Labute approximate surface area is 147 Å². The molecule has 1 atom stereocenters. The Bertz CT molecular complexity index is 756. The van der Waals surface area contributed by atoms with E-state index in [1.54, 1.807) is 6.92 Å². The van der Waals surface area contributed by atoms with Gasteiger partial charge in [-0.15, -0.1) is 0 Å². The lowest BCUT2D eigenvalue weighted by atomic mass is 10.1. The number of carbonyl (C=O) groups excluding carboxylic acids is 2. The van der Waals surface area contributed by atoms with Crippen molar-refractivity contribution < 1.29 is 18.7 Å². The molecule has 25 heavy (non-hydrogen) atoms. The number of carbonyl (C=O) groups is 2. The maximum Gasteiger partial charge on any atom is 0.338 e. The number of hydrogen-bond acceptors (Lipinski definition) is 3. The van der Waals surface area contributed by atoms with Crippen LogP contribution in [-0.4, -0.2) is 18.5 Å². The van der Waals surface area contributed by atoms with Gasteiger partial charge < -0.3 is 10.1 Å². The molecular weight excluding hydrogens is 321 g/mol. The Hall–Kier alpha value is -2.69. The molecule has 2 aromatic rings. The molecule has 0 bridgehead atoms. The minimum Gasteiger partial charge on any atom is -0.452 e. The number of amides is 1. The molecule has 5 heteroatoms. The van der Waals surface area contributed by atoms with E-state index >= 15 is 0 Å². The fourth-order valence-corrected chi connectivity index (χ4v) is 2.34. The van der Waals surface area contributed by atoms with Crippen LogP contribution in [0.1, 0.15) is 46.9 Å². The van der Waals surface area contributed by atoms with Crippen LogP contribution in [0.25, 0.3) is 0 Å². The average molecular weight is 343 g/mol. The number of hydrogen-bond donors (Lipinski definition) is 1. The first kappa shape index (κ1) is 18.6. The molecule has 2 rings (SSSR count). The van der Waals surface area contributed by atoms with E-state index in [1.165, 1.54) is 17.7 Å². The van der Waals surface area contributed by atoms with Crippen LogP contribution in [0.3, 0.4) is 0 Å². The predicted octanol–water partition coefficient (Wildman–Crippen LogP) is 3.73. The summed E-state index contributed by atoms with van der Waals surface area (Å²) in [4.78, 5) is 23.8. The standard InChI is InChI=1S/C20H22FNO3/c1-4-15-6-9-16(10-7-15)14(3)22-19(23)12-25-20(24)17-8-5-13(2)18(21)11-17/h5-11,14H,4,12H2,1-3H3,(H,22,23). The van der Waals surface area contributed by atoms with E-state index < -0.39 is 24.3 Å². The van der Waals surface area contributed by atoms with Crippen LogP contribution in [0.5, 0.6) is 0 Å². The summed E-state index contributed by atoms with van der Waals surface area (Å²) in [5.41, 5.74) is 2.72. The molecular formula is C20H22FNO3. The molecule has 0 aliphatic heterocycles. The summed E-state index contributed by atoms with van der Waals surface area (Å²) in [5, 5.41) is 2.77. The first-order valence-corrected chi connectivity index (χ1v) is 8.22. The molecule has 0 heterocycles. The minimum absolute atomic E-state index is 0.0825. The number of rotatable bonds is 6. The Morgan fingerprint density at radius 2 is 1.84 bits per heavy atom. The first-order chi connectivity index (χ1) is 11.9. The molecule has 0 radical (unpaired) electrons. The monoisotopic (exact) mass is 343 g/mol. The zero-order chi connectivity index (χ0) is 18.4. The number of halogens is 1.